The second-order valence-electron chi connectivity index (χ2n) is 8.11. The highest BCUT2D eigenvalue weighted by atomic mass is 28.4. The van der Waals surface area contributed by atoms with Gasteiger partial charge in [0.1, 0.15) is 0 Å². The van der Waals surface area contributed by atoms with Gasteiger partial charge in [0.2, 0.25) is 0 Å². The van der Waals surface area contributed by atoms with Crippen molar-refractivity contribution in [1.29, 1.82) is 0 Å². The third-order valence-corrected chi connectivity index (χ3v) is 10.2. The largest absolute Gasteiger partial charge is 0.407 e. The van der Waals surface area contributed by atoms with E-state index in [1.165, 1.54) is 10.4 Å². The molecule has 0 aliphatic heterocycles. The number of hydrogen-bond donors (Lipinski definition) is 1. The molecule has 0 fully saturated rings. The molecule has 0 aliphatic carbocycles. The number of aliphatic hydroxyl groups is 1. The first kappa shape index (κ1) is 19.9. The molecule has 2 nitrogen and oxygen atoms in total. The molecule has 1 atom stereocenters. The van der Waals surface area contributed by atoms with Crippen molar-refractivity contribution < 1.29 is 9.53 Å². The molecule has 0 aliphatic rings. The van der Waals surface area contributed by atoms with Crippen molar-refractivity contribution in [2.75, 3.05) is 6.61 Å². The highest BCUT2D eigenvalue weighted by Crippen LogP contribution is 2.37. The zero-order valence-electron chi connectivity index (χ0n) is 16.3. The fourth-order valence-corrected chi connectivity index (χ4v) is 7.93. The van der Waals surface area contributed by atoms with Gasteiger partial charge in [-0.1, -0.05) is 88.4 Å². The molecule has 0 radical (unpaired) electrons. The Labute approximate surface area is 154 Å². The van der Waals surface area contributed by atoms with E-state index in [0.29, 0.717) is 13.0 Å². The van der Waals surface area contributed by atoms with E-state index in [1.807, 2.05) is 13.8 Å². The van der Waals surface area contributed by atoms with E-state index in [0.717, 1.165) is 6.42 Å². The summed E-state index contributed by atoms with van der Waals surface area (Å²) in [5, 5.41) is 12.9. The fourth-order valence-electron chi connectivity index (χ4n) is 3.36. The van der Waals surface area contributed by atoms with Crippen LogP contribution in [0, 0.1) is 0 Å². The zero-order valence-corrected chi connectivity index (χ0v) is 17.3. The summed E-state index contributed by atoms with van der Waals surface area (Å²) < 4.78 is 6.78. The van der Waals surface area contributed by atoms with E-state index in [-0.39, 0.29) is 5.04 Å². The van der Waals surface area contributed by atoms with E-state index in [9.17, 15) is 5.11 Å². The second-order valence-corrected chi connectivity index (χ2v) is 12.4. The van der Waals surface area contributed by atoms with Gasteiger partial charge in [0.05, 0.1) is 5.60 Å². The standard InChI is InChI=1S/C22H32O2Si/c1-6-22(5,23)17-18-24-25(21(2,3)4,19-13-9-7-10-14-19)20-15-11-8-12-16-20/h7-16,23H,6,17-18H2,1-5H3. The Hall–Kier alpha value is -1.42. The van der Waals surface area contributed by atoms with Gasteiger partial charge in [0, 0.05) is 6.61 Å². The highest BCUT2D eigenvalue weighted by Gasteiger charge is 2.50. The average Bonchev–Trinajstić information content (AvgIpc) is 2.59. The smallest absolute Gasteiger partial charge is 0.261 e. The van der Waals surface area contributed by atoms with Crippen molar-refractivity contribution in [3.8, 4) is 0 Å². The van der Waals surface area contributed by atoms with Crippen LogP contribution in [-0.4, -0.2) is 25.6 Å². The maximum absolute atomic E-state index is 10.4. The molecule has 2 aromatic rings. The molecule has 3 heteroatoms. The molecule has 2 rings (SSSR count). The summed E-state index contributed by atoms with van der Waals surface area (Å²) in [6.07, 6.45) is 1.38. The van der Waals surface area contributed by atoms with Crippen molar-refractivity contribution in [1.82, 2.24) is 0 Å². The van der Waals surface area contributed by atoms with E-state index in [2.05, 4.69) is 81.4 Å². The first-order valence-corrected chi connectivity index (χ1v) is 11.1. The number of hydrogen-bond acceptors (Lipinski definition) is 2. The van der Waals surface area contributed by atoms with E-state index >= 15 is 0 Å². The summed E-state index contributed by atoms with van der Waals surface area (Å²) in [6, 6.07) is 21.3. The molecular formula is C22H32O2Si. The molecule has 0 saturated carbocycles. The molecule has 0 spiro atoms. The third-order valence-electron chi connectivity index (χ3n) is 5.14. The van der Waals surface area contributed by atoms with Gasteiger partial charge in [-0.2, -0.15) is 0 Å². The molecule has 0 aromatic heterocycles. The number of benzene rings is 2. The van der Waals surface area contributed by atoms with Crippen molar-refractivity contribution in [2.45, 2.75) is 58.1 Å². The lowest BCUT2D eigenvalue weighted by molar-refractivity contribution is 0.0321. The maximum Gasteiger partial charge on any atom is 0.261 e. The fraction of sp³-hybridized carbons (Fsp3) is 0.455. The summed E-state index contributed by atoms with van der Waals surface area (Å²) in [6.45, 7) is 11.3. The lowest BCUT2D eigenvalue weighted by Crippen LogP contribution is -2.66. The molecule has 1 N–H and O–H groups in total. The third kappa shape index (κ3) is 4.41. The Bertz CT molecular complexity index is 605. The van der Waals surface area contributed by atoms with Gasteiger partial charge >= 0.3 is 0 Å². The lowest BCUT2D eigenvalue weighted by Gasteiger charge is -2.43. The Morgan fingerprint density at radius 1 is 0.840 bits per heavy atom. The summed E-state index contributed by atoms with van der Waals surface area (Å²) >= 11 is 0. The van der Waals surface area contributed by atoms with Crippen molar-refractivity contribution >= 4 is 18.7 Å². The van der Waals surface area contributed by atoms with E-state index in [4.69, 9.17) is 4.43 Å². The van der Waals surface area contributed by atoms with Gasteiger partial charge in [-0.15, -0.1) is 0 Å². The van der Waals surface area contributed by atoms with Crippen molar-refractivity contribution in [3.05, 3.63) is 60.7 Å². The van der Waals surface area contributed by atoms with Crippen LogP contribution in [0.3, 0.4) is 0 Å². The molecule has 0 saturated heterocycles. The van der Waals surface area contributed by atoms with Crippen LogP contribution in [0.25, 0.3) is 0 Å². The van der Waals surface area contributed by atoms with Crippen LogP contribution in [0.15, 0.2) is 60.7 Å². The SMILES string of the molecule is CCC(C)(O)CCO[Si](c1ccccc1)(c1ccccc1)C(C)(C)C. The summed E-state index contributed by atoms with van der Waals surface area (Å²) in [7, 11) is -2.47. The van der Waals surface area contributed by atoms with Crippen LogP contribution in [0.2, 0.25) is 5.04 Å². The molecule has 25 heavy (non-hydrogen) atoms. The van der Waals surface area contributed by atoms with Gasteiger partial charge < -0.3 is 9.53 Å². The average molecular weight is 357 g/mol. The molecule has 0 amide bonds. The predicted molar refractivity (Wildman–Crippen MR) is 109 cm³/mol. The van der Waals surface area contributed by atoms with Gasteiger partial charge in [-0.25, -0.2) is 0 Å². The molecular weight excluding hydrogens is 324 g/mol. The molecule has 1 unspecified atom stereocenters. The summed E-state index contributed by atoms with van der Waals surface area (Å²) in [4.78, 5) is 0. The molecule has 0 heterocycles. The Kier molecular flexibility index (Phi) is 6.25. The van der Waals surface area contributed by atoms with Crippen LogP contribution in [-0.2, 0) is 4.43 Å². The first-order valence-electron chi connectivity index (χ1n) is 9.20. The molecule has 2 aromatic carbocycles. The van der Waals surface area contributed by atoms with Crippen LogP contribution < -0.4 is 10.4 Å². The van der Waals surface area contributed by atoms with Gasteiger partial charge in [0.15, 0.2) is 0 Å². The van der Waals surface area contributed by atoms with Crippen LogP contribution in [0.4, 0.5) is 0 Å². The van der Waals surface area contributed by atoms with Gasteiger partial charge in [-0.3, -0.25) is 0 Å². The minimum atomic E-state index is -2.47. The minimum absolute atomic E-state index is 0.0201. The normalized spacial score (nSPS) is 15.0. The summed E-state index contributed by atoms with van der Waals surface area (Å²) in [5.74, 6) is 0. The Morgan fingerprint density at radius 2 is 1.28 bits per heavy atom. The van der Waals surface area contributed by atoms with E-state index < -0.39 is 13.9 Å². The van der Waals surface area contributed by atoms with Gasteiger partial charge in [-0.05, 0) is 35.2 Å². The van der Waals surface area contributed by atoms with Crippen LogP contribution in [0.5, 0.6) is 0 Å². The highest BCUT2D eigenvalue weighted by molar-refractivity contribution is 6.99. The van der Waals surface area contributed by atoms with E-state index in [1.54, 1.807) is 0 Å². The van der Waals surface area contributed by atoms with Crippen molar-refractivity contribution in [2.24, 2.45) is 0 Å². The summed E-state index contributed by atoms with van der Waals surface area (Å²) in [5.41, 5.74) is -0.675. The quantitative estimate of drug-likeness (QED) is 0.757. The van der Waals surface area contributed by atoms with Crippen molar-refractivity contribution in [3.63, 3.8) is 0 Å². The van der Waals surface area contributed by atoms with Crippen LogP contribution in [0.1, 0.15) is 47.5 Å². The monoisotopic (exact) mass is 356 g/mol. The van der Waals surface area contributed by atoms with Gasteiger partial charge in [0.25, 0.3) is 8.32 Å². The molecule has 0 bridgehead atoms. The minimum Gasteiger partial charge on any atom is -0.407 e. The maximum atomic E-state index is 10.4. The lowest BCUT2D eigenvalue weighted by atomic mass is 10.0. The Morgan fingerprint density at radius 3 is 1.64 bits per heavy atom. The topological polar surface area (TPSA) is 29.5 Å². The zero-order chi connectivity index (χ0) is 18.6. The first-order chi connectivity index (χ1) is 11.7. The second kappa shape index (κ2) is 7.86. The number of rotatable bonds is 7. The Balaban J connectivity index is 2.49. The molecule has 136 valence electrons. The van der Waals surface area contributed by atoms with Crippen LogP contribution >= 0.6 is 0 Å². The predicted octanol–water partition coefficient (Wildman–Crippen LogP) is 4.11.